The van der Waals surface area contributed by atoms with E-state index >= 15 is 0 Å². The number of para-hydroxylation sites is 2. The van der Waals surface area contributed by atoms with Crippen molar-refractivity contribution in [2.45, 2.75) is 13.2 Å². The average molecular weight is 615 g/mol. The smallest absolute Gasteiger partial charge is 0.266 e. The number of anilines is 2. The van der Waals surface area contributed by atoms with Crippen molar-refractivity contribution in [3.63, 3.8) is 0 Å². The highest BCUT2D eigenvalue weighted by Gasteiger charge is 2.09. The van der Waals surface area contributed by atoms with Crippen LogP contribution in [0, 0.1) is 0 Å². The van der Waals surface area contributed by atoms with Crippen LogP contribution in [0.1, 0.15) is 11.3 Å². The second-order valence-electron chi connectivity index (χ2n) is 10.3. The summed E-state index contributed by atoms with van der Waals surface area (Å²) in [5.41, 5.74) is 10.4. The zero-order chi connectivity index (χ0) is 31.9. The molecule has 0 fully saturated rings. The van der Waals surface area contributed by atoms with Gasteiger partial charge in [0, 0.05) is 60.4 Å². The van der Waals surface area contributed by atoms with Crippen molar-refractivity contribution < 1.29 is 14.3 Å². The molecule has 0 aliphatic heterocycles. The van der Waals surface area contributed by atoms with Gasteiger partial charge in [-0.15, -0.1) is 0 Å². The number of benzene rings is 2. The molecule has 3 N–H and O–H groups in total. The van der Waals surface area contributed by atoms with E-state index in [0.717, 1.165) is 16.5 Å². The van der Waals surface area contributed by atoms with Gasteiger partial charge < -0.3 is 20.5 Å². The summed E-state index contributed by atoms with van der Waals surface area (Å²) in [6.45, 7) is 0.814. The molecule has 4 heterocycles. The molecule has 0 atom stereocenters. The van der Waals surface area contributed by atoms with Crippen molar-refractivity contribution in [2.24, 2.45) is 7.05 Å². The number of ether oxygens (including phenoxy) is 2. The standard InChI is InChI=1S/C34H30N8O4/c1-41-21-24(20-38-41)29-11-13-34(44)42(40-29)16-17-45-32-14-15-36-31-18-26(9-10-27(31)32)46-22-23-6-7-25(37-19-23)8-12-33(43)39-30-5-3-2-4-28(30)35/h2-15,18-21H,16-17,22,35H2,1H3,(H,39,43). The van der Waals surface area contributed by atoms with E-state index < -0.39 is 0 Å². The van der Waals surface area contributed by atoms with Crippen LogP contribution >= 0.6 is 0 Å². The Morgan fingerprint density at radius 2 is 1.89 bits per heavy atom. The van der Waals surface area contributed by atoms with Crippen molar-refractivity contribution in [3.05, 3.63) is 125 Å². The molecule has 0 aliphatic carbocycles. The van der Waals surface area contributed by atoms with Crippen LogP contribution < -0.4 is 26.1 Å². The first-order valence-electron chi connectivity index (χ1n) is 14.4. The maximum Gasteiger partial charge on any atom is 0.266 e. The van der Waals surface area contributed by atoms with Crippen LogP contribution in [0.4, 0.5) is 11.4 Å². The number of amides is 1. The number of nitrogens with zero attached hydrogens (tertiary/aromatic N) is 6. The van der Waals surface area contributed by atoms with Gasteiger partial charge in [0.05, 0.1) is 41.0 Å². The molecule has 230 valence electrons. The van der Waals surface area contributed by atoms with Crippen molar-refractivity contribution in [2.75, 3.05) is 17.7 Å². The van der Waals surface area contributed by atoms with Crippen molar-refractivity contribution in [1.29, 1.82) is 0 Å². The van der Waals surface area contributed by atoms with Gasteiger partial charge in [0.25, 0.3) is 5.56 Å². The van der Waals surface area contributed by atoms with Crippen LogP contribution in [0.2, 0.25) is 0 Å². The predicted octanol–water partition coefficient (Wildman–Crippen LogP) is 4.48. The molecule has 0 bridgehead atoms. The minimum atomic E-state index is -0.301. The SMILES string of the molecule is Cn1cc(-c2ccc(=O)n(CCOc3ccnc4cc(OCc5ccc(C=CC(=O)Nc6ccccc6N)nc5)ccc34)n2)cn1. The summed E-state index contributed by atoms with van der Waals surface area (Å²) in [6, 6.07) is 21.3. The lowest BCUT2D eigenvalue weighted by atomic mass is 10.2. The molecular weight excluding hydrogens is 584 g/mol. The minimum Gasteiger partial charge on any atom is -0.491 e. The molecule has 6 rings (SSSR count). The van der Waals surface area contributed by atoms with Gasteiger partial charge in [0.2, 0.25) is 5.91 Å². The van der Waals surface area contributed by atoms with Gasteiger partial charge in [0.15, 0.2) is 0 Å². The number of carbonyl (C=O) groups excluding carboxylic acids is 1. The number of hydrogen-bond acceptors (Lipinski definition) is 9. The monoisotopic (exact) mass is 614 g/mol. The van der Waals surface area contributed by atoms with E-state index in [4.69, 9.17) is 15.2 Å². The third-order valence-corrected chi connectivity index (χ3v) is 6.98. The van der Waals surface area contributed by atoms with Gasteiger partial charge in [-0.1, -0.05) is 18.2 Å². The molecular formula is C34H30N8O4. The molecule has 46 heavy (non-hydrogen) atoms. The quantitative estimate of drug-likeness (QED) is 0.159. The van der Waals surface area contributed by atoms with Crippen molar-refractivity contribution >= 4 is 34.3 Å². The van der Waals surface area contributed by atoms with E-state index in [-0.39, 0.29) is 24.6 Å². The molecule has 12 nitrogen and oxygen atoms in total. The second kappa shape index (κ2) is 13.6. The first kappa shape index (κ1) is 29.8. The topological polar surface area (TPSA) is 152 Å². The number of fused-ring (bicyclic) bond motifs is 1. The predicted molar refractivity (Wildman–Crippen MR) is 175 cm³/mol. The Morgan fingerprint density at radius 1 is 1.00 bits per heavy atom. The summed E-state index contributed by atoms with van der Waals surface area (Å²) in [6.07, 6.45) is 9.94. The normalized spacial score (nSPS) is 11.2. The third kappa shape index (κ3) is 7.25. The Balaban J connectivity index is 1.03. The molecule has 0 saturated heterocycles. The minimum absolute atomic E-state index is 0.212. The number of nitrogens with one attached hydrogen (secondary N) is 1. The van der Waals surface area contributed by atoms with Crippen LogP contribution in [-0.2, 0) is 25.0 Å². The summed E-state index contributed by atoms with van der Waals surface area (Å²) in [7, 11) is 1.83. The summed E-state index contributed by atoms with van der Waals surface area (Å²) in [5, 5.41) is 12.2. The summed E-state index contributed by atoms with van der Waals surface area (Å²) >= 11 is 0. The lowest BCUT2D eigenvalue weighted by Crippen LogP contribution is -2.25. The van der Waals surface area contributed by atoms with Gasteiger partial charge in [0.1, 0.15) is 24.7 Å². The molecule has 0 saturated carbocycles. The molecule has 0 spiro atoms. The van der Waals surface area contributed by atoms with Crippen molar-refractivity contribution in [3.8, 4) is 22.8 Å². The number of nitrogen functional groups attached to an aromatic ring is 1. The molecule has 1 amide bonds. The Hall–Kier alpha value is -6.30. The number of aryl methyl sites for hydroxylation is 1. The molecule has 6 aromatic rings. The maximum atomic E-state index is 12.4. The molecule has 0 radical (unpaired) electrons. The van der Waals surface area contributed by atoms with E-state index in [2.05, 4.69) is 25.5 Å². The van der Waals surface area contributed by atoms with Crippen LogP contribution in [0.3, 0.4) is 0 Å². The number of pyridine rings is 2. The Bertz CT molecular complexity index is 2090. The van der Waals surface area contributed by atoms with Crippen LogP contribution in [0.5, 0.6) is 11.5 Å². The first-order chi connectivity index (χ1) is 22.4. The molecule has 12 heteroatoms. The lowest BCUT2D eigenvalue weighted by Gasteiger charge is -2.12. The van der Waals surface area contributed by atoms with Crippen LogP contribution in [0.15, 0.2) is 108 Å². The van der Waals surface area contributed by atoms with E-state index in [1.807, 2.05) is 43.6 Å². The zero-order valence-corrected chi connectivity index (χ0v) is 24.9. The molecule has 0 aliphatic rings. The lowest BCUT2D eigenvalue weighted by molar-refractivity contribution is -0.111. The average Bonchev–Trinajstić information content (AvgIpc) is 3.51. The summed E-state index contributed by atoms with van der Waals surface area (Å²) in [5.74, 6) is 0.979. The largest absolute Gasteiger partial charge is 0.491 e. The van der Waals surface area contributed by atoms with Crippen LogP contribution in [-0.4, -0.2) is 42.0 Å². The fourth-order valence-corrected chi connectivity index (χ4v) is 4.61. The number of rotatable bonds is 11. The van der Waals surface area contributed by atoms with Gasteiger partial charge >= 0.3 is 0 Å². The van der Waals surface area contributed by atoms with Crippen molar-refractivity contribution in [1.82, 2.24) is 29.5 Å². The maximum absolute atomic E-state index is 12.4. The van der Waals surface area contributed by atoms with Gasteiger partial charge in [-0.25, -0.2) is 4.68 Å². The summed E-state index contributed by atoms with van der Waals surface area (Å²) in [4.78, 5) is 33.5. The van der Waals surface area contributed by atoms with Gasteiger partial charge in [-0.2, -0.15) is 10.2 Å². The summed E-state index contributed by atoms with van der Waals surface area (Å²) < 4.78 is 15.1. The second-order valence-corrected chi connectivity index (χ2v) is 10.3. The molecule has 4 aromatic heterocycles. The van der Waals surface area contributed by atoms with E-state index in [1.165, 1.54) is 16.8 Å². The number of aromatic nitrogens is 6. The highest BCUT2D eigenvalue weighted by molar-refractivity contribution is 6.03. The third-order valence-electron chi connectivity index (χ3n) is 6.98. The Kier molecular flexibility index (Phi) is 8.77. The van der Waals surface area contributed by atoms with Gasteiger partial charge in [-0.3, -0.25) is 24.2 Å². The Morgan fingerprint density at radius 3 is 2.70 bits per heavy atom. The number of nitrogens with two attached hydrogens (primary N) is 1. The highest BCUT2D eigenvalue weighted by atomic mass is 16.5. The van der Waals surface area contributed by atoms with E-state index in [1.54, 1.807) is 65.7 Å². The fourth-order valence-electron chi connectivity index (χ4n) is 4.61. The number of carbonyl (C=O) groups is 1. The zero-order valence-electron chi connectivity index (χ0n) is 24.9. The Labute approximate surface area is 263 Å². The van der Waals surface area contributed by atoms with Gasteiger partial charge in [-0.05, 0) is 48.5 Å². The molecule has 0 unspecified atom stereocenters. The first-order valence-corrected chi connectivity index (χ1v) is 14.4. The number of hydrogen-bond donors (Lipinski definition) is 2. The van der Waals surface area contributed by atoms with E-state index in [9.17, 15) is 9.59 Å². The highest BCUT2D eigenvalue weighted by Crippen LogP contribution is 2.27. The van der Waals surface area contributed by atoms with Crippen LogP contribution in [0.25, 0.3) is 28.2 Å². The fraction of sp³-hybridized carbons (Fsp3) is 0.118. The van der Waals surface area contributed by atoms with E-state index in [0.29, 0.717) is 46.4 Å². The molecule has 2 aromatic carbocycles.